The highest BCUT2D eigenvalue weighted by atomic mass is 16.3. The summed E-state index contributed by atoms with van der Waals surface area (Å²) in [6, 6.07) is 11.2. The number of phenolic OH excluding ortho intramolecular Hbond substituents is 2. The molecule has 1 saturated carbocycles. The van der Waals surface area contributed by atoms with Crippen molar-refractivity contribution in [2.75, 3.05) is 0 Å². The quantitative estimate of drug-likeness (QED) is 0.703. The van der Waals surface area contributed by atoms with Gasteiger partial charge in [0, 0.05) is 6.04 Å². The van der Waals surface area contributed by atoms with E-state index in [-0.39, 0.29) is 11.5 Å². The number of aryl methyl sites for hydroxylation is 1. The Balaban J connectivity index is 2.03. The maximum atomic E-state index is 10.1. The Hall–Kier alpha value is -2.49. The molecule has 3 aromatic rings. The molecule has 4 nitrogen and oxygen atoms in total. The zero-order valence-electron chi connectivity index (χ0n) is 11.7. The van der Waals surface area contributed by atoms with Crippen LogP contribution in [-0.4, -0.2) is 19.8 Å². The van der Waals surface area contributed by atoms with Gasteiger partial charge in [-0.3, -0.25) is 0 Å². The van der Waals surface area contributed by atoms with E-state index in [1.165, 1.54) is 12.1 Å². The summed E-state index contributed by atoms with van der Waals surface area (Å²) in [5, 5.41) is 19.8. The standard InChI is InChI=1S/C17H16N2O2/c1-10-2-6-15-14(8-10)18-17(19(15)11-3-4-11)13-9-12(20)5-7-16(13)21/h2,5-9,11,20-21H,3-4H2,1H3. The van der Waals surface area contributed by atoms with Crippen LogP contribution in [0, 0.1) is 6.92 Å². The lowest BCUT2D eigenvalue weighted by atomic mass is 10.1. The first kappa shape index (κ1) is 12.3. The first-order chi connectivity index (χ1) is 10.1. The van der Waals surface area contributed by atoms with Gasteiger partial charge < -0.3 is 14.8 Å². The lowest BCUT2D eigenvalue weighted by molar-refractivity contribution is 0.461. The van der Waals surface area contributed by atoms with E-state index in [0.717, 1.165) is 35.3 Å². The second-order valence-corrected chi connectivity index (χ2v) is 5.73. The van der Waals surface area contributed by atoms with Gasteiger partial charge in [-0.15, -0.1) is 0 Å². The molecule has 0 saturated heterocycles. The predicted octanol–water partition coefficient (Wildman–Crippen LogP) is 3.76. The van der Waals surface area contributed by atoms with E-state index in [4.69, 9.17) is 4.98 Å². The van der Waals surface area contributed by atoms with Gasteiger partial charge in [0.2, 0.25) is 0 Å². The summed E-state index contributed by atoms with van der Waals surface area (Å²) >= 11 is 0. The van der Waals surface area contributed by atoms with Crippen molar-refractivity contribution in [1.29, 1.82) is 0 Å². The summed E-state index contributed by atoms with van der Waals surface area (Å²) in [5.41, 5.74) is 3.76. The van der Waals surface area contributed by atoms with Crippen molar-refractivity contribution < 1.29 is 10.2 Å². The van der Waals surface area contributed by atoms with Crippen LogP contribution in [0.25, 0.3) is 22.4 Å². The van der Waals surface area contributed by atoms with Crippen LogP contribution in [0.15, 0.2) is 36.4 Å². The van der Waals surface area contributed by atoms with Gasteiger partial charge in [-0.2, -0.15) is 0 Å². The SMILES string of the molecule is Cc1ccc2c(c1)nc(-c1cc(O)ccc1O)n2C1CC1. The number of hydrogen-bond donors (Lipinski definition) is 2. The Bertz CT molecular complexity index is 847. The summed E-state index contributed by atoms with van der Waals surface area (Å²) in [6.07, 6.45) is 2.26. The van der Waals surface area contributed by atoms with Crippen LogP contribution in [0.2, 0.25) is 0 Å². The molecule has 4 rings (SSSR count). The van der Waals surface area contributed by atoms with Crippen LogP contribution in [0.5, 0.6) is 11.5 Å². The number of fused-ring (bicyclic) bond motifs is 1. The van der Waals surface area contributed by atoms with Crippen molar-refractivity contribution in [2.24, 2.45) is 0 Å². The number of hydrogen-bond acceptors (Lipinski definition) is 3. The summed E-state index contributed by atoms with van der Waals surface area (Å²) in [4.78, 5) is 4.70. The monoisotopic (exact) mass is 280 g/mol. The van der Waals surface area contributed by atoms with Crippen LogP contribution in [0.1, 0.15) is 24.4 Å². The molecule has 4 heteroatoms. The van der Waals surface area contributed by atoms with Crippen molar-refractivity contribution in [3.05, 3.63) is 42.0 Å². The van der Waals surface area contributed by atoms with Crippen LogP contribution >= 0.6 is 0 Å². The molecule has 1 heterocycles. The third-order valence-electron chi connectivity index (χ3n) is 3.98. The number of aromatic nitrogens is 2. The van der Waals surface area contributed by atoms with E-state index in [1.54, 1.807) is 6.07 Å². The maximum absolute atomic E-state index is 10.1. The summed E-state index contributed by atoms with van der Waals surface area (Å²) in [6.45, 7) is 2.04. The van der Waals surface area contributed by atoms with Gasteiger partial charge in [0.15, 0.2) is 0 Å². The fraction of sp³-hybridized carbons (Fsp3) is 0.235. The minimum Gasteiger partial charge on any atom is -0.508 e. The molecule has 1 aromatic heterocycles. The number of nitrogens with zero attached hydrogens (tertiary/aromatic N) is 2. The molecule has 0 bridgehead atoms. The van der Waals surface area contributed by atoms with E-state index in [9.17, 15) is 10.2 Å². The Morgan fingerprint density at radius 3 is 2.67 bits per heavy atom. The summed E-state index contributed by atoms with van der Waals surface area (Å²) in [7, 11) is 0. The number of aromatic hydroxyl groups is 2. The molecule has 106 valence electrons. The van der Waals surface area contributed by atoms with Gasteiger partial charge in [-0.25, -0.2) is 4.98 Å². The molecule has 21 heavy (non-hydrogen) atoms. The smallest absolute Gasteiger partial charge is 0.145 e. The van der Waals surface area contributed by atoms with E-state index in [1.807, 2.05) is 6.92 Å². The Labute approximate surface area is 122 Å². The molecule has 0 amide bonds. The Kier molecular flexibility index (Phi) is 2.48. The molecule has 1 aliphatic carbocycles. The molecule has 2 aromatic carbocycles. The van der Waals surface area contributed by atoms with Gasteiger partial charge in [0.25, 0.3) is 0 Å². The second-order valence-electron chi connectivity index (χ2n) is 5.73. The van der Waals surface area contributed by atoms with Crippen molar-refractivity contribution in [2.45, 2.75) is 25.8 Å². The topological polar surface area (TPSA) is 58.3 Å². The van der Waals surface area contributed by atoms with Gasteiger partial charge in [-0.1, -0.05) is 6.07 Å². The van der Waals surface area contributed by atoms with E-state index < -0.39 is 0 Å². The molecule has 0 unspecified atom stereocenters. The van der Waals surface area contributed by atoms with Gasteiger partial charge in [-0.05, 0) is 55.7 Å². The van der Waals surface area contributed by atoms with Crippen LogP contribution in [0.4, 0.5) is 0 Å². The first-order valence-electron chi connectivity index (χ1n) is 7.14. The molecule has 1 fully saturated rings. The fourth-order valence-electron chi connectivity index (χ4n) is 2.80. The van der Waals surface area contributed by atoms with Gasteiger partial charge in [0.05, 0.1) is 16.6 Å². The zero-order chi connectivity index (χ0) is 14.6. The van der Waals surface area contributed by atoms with Crippen LogP contribution in [0.3, 0.4) is 0 Å². The average Bonchev–Trinajstić information content (AvgIpc) is 3.22. The number of benzene rings is 2. The predicted molar refractivity (Wildman–Crippen MR) is 81.5 cm³/mol. The molecule has 0 aliphatic heterocycles. The normalized spacial score (nSPS) is 14.7. The molecule has 2 N–H and O–H groups in total. The summed E-state index contributed by atoms with van der Waals surface area (Å²) < 4.78 is 2.18. The lowest BCUT2D eigenvalue weighted by Gasteiger charge is -2.09. The van der Waals surface area contributed by atoms with Crippen LogP contribution < -0.4 is 0 Å². The Morgan fingerprint density at radius 1 is 1.10 bits per heavy atom. The fourth-order valence-corrected chi connectivity index (χ4v) is 2.80. The average molecular weight is 280 g/mol. The third-order valence-corrected chi connectivity index (χ3v) is 3.98. The molecular weight excluding hydrogens is 264 g/mol. The number of phenols is 2. The van der Waals surface area contributed by atoms with Crippen molar-refractivity contribution >= 4 is 11.0 Å². The molecule has 0 spiro atoms. The highest BCUT2D eigenvalue weighted by Crippen LogP contribution is 2.43. The molecule has 1 aliphatic rings. The van der Waals surface area contributed by atoms with Crippen LogP contribution in [-0.2, 0) is 0 Å². The van der Waals surface area contributed by atoms with Crippen molar-refractivity contribution in [1.82, 2.24) is 9.55 Å². The third kappa shape index (κ3) is 1.95. The highest BCUT2D eigenvalue weighted by molar-refractivity contribution is 5.83. The first-order valence-corrected chi connectivity index (χ1v) is 7.14. The van der Waals surface area contributed by atoms with Crippen molar-refractivity contribution in [3.63, 3.8) is 0 Å². The zero-order valence-corrected chi connectivity index (χ0v) is 11.7. The molecular formula is C17H16N2O2. The Morgan fingerprint density at radius 2 is 1.90 bits per heavy atom. The highest BCUT2D eigenvalue weighted by Gasteiger charge is 2.29. The number of imidazole rings is 1. The molecule has 0 atom stereocenters. The minimum absolute atomic E-state index is 0.133. The maximum Gasteiger partial charge on any atom is 0.145 e. The van der Waals surface area contributed by atoms with Gasteiger partial charge in [0.1, 0.15) is 17.3 Å². The van der Waals surface area contributed by atoms with Gasteiger partial charge >= 0.3 is 0 Å². The second kappa shape index (κ2) is 4.25. The van der Waals surface area contributed by atoms with Crippen molar-refractivity contribution in [3.8, 4) is 22.9 Å². The minimum atomic E-state index is 0.133. The number of rotatable bonds is 2. The molecule has 0 radical (unpaired) electrons. The van der Waals surface area contributed by atoms with E-state index >= 15 is 0 Å². The van der Waals surface area contributed by atoms with E-state index in [0.29, 0.717) is 11.6 Å². The largest absolute Gasteiger partial charge is 0.508 e. The summed E-state index contributed by atoms with van der Waals surface area (Å²) in [5.74, 6) is 1.00. The van der Waals surface area contributed by atoms with E-state index in [2.05, 4.69) is 22.8 Å². The lowest BCUT2D eigenvalue weighted by Crippen LogP contribution is -1.97.